The zero-order chi connectivity index (χ0) is 25.8. The van der Waals surface area contributed by atoms with E-state index >= 15 is 0 Å². The summed E-state index contributed by atoms with van der Waals surface area (Å²) in [5.74, 6) is -1.35. The molecule has 3 N–H and O–H groups in total. The van der Waals surface area contributed by atoms with Gasteiger partial charge in [-0.05, 0) is 41.0 Å². The van der Waals surface area contributed by atoms with E-state index in [1.165, 1.54) is 6.20 Å². The molecule has 0 fully saturated rings. The number of hydrogen-bond donors (Lipinski definition) is 3. The highest BCUT2D eigenvalue weighted by Gasteiger charge is 2.16. The Kier molecular flexibility index (Phi) is 6.74. The molecule has 8 nitrogen and oxygen atoms in total. The second-order valence-corrected chi connectivity index (χ2v) is 8.60. The number of carbonyl (C=O) groups excluding carboxylic acids is 1. The first-order valence-corrected chi connectivity index (χ1v) is 11.7. The van der Waals surface area contributed by atoms with Crippen molar-refractivity contribution in [2.24, 2.45) is 0 Å². The van der Waals surface area contributed by atoms with Gasteiger partial charge < -0.3 is 20.1 Å². The first-order valence-electron chi connectivity index (χ1n) is 11.7. The molecule has 0 bridgehead atoms. The highest BCUT2D eigenvalue weighted by atomic mass is 16.4. The van der Waals surface area contributed by atoms with Crippen LogP contribution in [0.3, 0.4) is 0 Å². The van der Waals surface area contributed by atoms with Crippen LogP contribution in [-0.4, -0.2) is 43.2 Å². The zero-order valence-electron chi connectivity index (χ0n) is 19.8. The fraction of sp³-hybridized carbons (Fsp3) is 0.103. The molecule has 3 aromatic carbocycles. The minimum atomic E-state index is -1.07. The summed E-state index contributed by atoms with van der Waals surface area (Å²) in [5, 5.41) is 22.0. The number of pyridine rings is 1. The van der Waals surface area contributed by atoms with Crippen LogP contribution in [-0.2, 0) is 6.54 Å². The van der Waals surface area contributed by atoms with Gasteiger partial charge in [-0.3, -0.25) is 4.79 Å². The quantitative estimate of drug-likeness (QED) is 0.297. The molecule has 0 radical (unpaired) electrons. The van der Waals surface area contributed by atoms with Crippen molar-refractivity contribution in [3.63, 3.8) is 0 Å². The van der Waals surface area contributed by atoms with Crippen molar-refractivity contribution in [3.05, 3.63) is 120 Å². The number of rotatable bonds is 8. The number of hydrogen-bond acceptors (Lipinski definition) is 5. The average molecular weight is 493 g/mol. The normalized spacial score (nSPS) is 11.8. The summed E-state index contributed by atoms with van der Waals surface area (Å²) in [4.78, 5) is 32.8. The molecule has 2 heterocycles. The predicted octanol–water partition coefficient (Wildman–Crippen LogP) is 4.31. The maximum Gasteiger partial charge on any atom is 0.355 e. The second-order valence-electron chi connectivity index (χ2n) is 8.60. The molecular weight excluding hydrogens is 468 g/mol. The summed E-state index contributed by atoms with van der Waals surface area (Å²) >= 11 is 0. The molecule has 0 unspecified atom stereocenters. The van der Waals surface area contributed by atoms with Crippen molar-refractivity contribution in [3.8, 4) is 11.1 Å². The first kappa shape index (κ1) is 23.9. The Morgan fingerprint density at radius 1 is 0.919 bits per heavy atom. The lowest BCUT2D eigenvalue weighted by Gasteiger charge is -2.16. The largest absolute Gasteiger partial charge is 0.476 e. The molecule has 0 aliphatic rings. The zero-order valence-corrected chi connectivity index (χ0v) is 19.8. The minimum absolute atomic E-state index is 0.0183. The minimum Gasteiger partial charge on any atom is -0.476 e. The van der Waals surface area contributed by atoms with Crippen LogP contribution in [0.5, 0.6) is 0 Å². The molecule has 5 rings (SSSR count). The molecule has 8 heteroatoms. The van der Waals surface area contributed by atoms with E-state index < -0.39 is 12.0 Å². The van der Waals surface area contributed by atoms with Gasteiger partial charge in [0.2, 0.25) is 0 Å². The van der Waals surface area contributed by atoms with Gasteiger partial charge in [0.1, 0.15) is 0 Å². The van der Waals surface area contributed by atoms with E-state index in [2.05, 4.69) is 15.3 Å². The van der Waals surface area contributed by atoms with E-state index in [-0.39, 0.29) is 18.2 Å². The number of fused-ring (bicyclic) bond motifs is 1. The lowest BCUT2D eigenvalue weighted by atomic mass is 10.0. The smallest absolute Gasteiger partial charge is 0.355 e. The number of nitrogens with one attached hydrogen (secondary N) is 1. The molecule has 2 aromatic heterocycles. The number of nitrogens with zero attached hydrogens (tertiary/aromatic N) is 3. The third kappa shape index (κ3) is 5.10. The predicted molar refractivity (Wildman–Crippen MR) is 139 cm³/mol. The van der Waals surface area contributed by atoms with E-state index in [4.69, 9.17) is 0 Å². The van der Waals surface area contributed by atoms with Crippen LogP contribution in [0.2, 0.25) is 0 Å². The summed E-state index contributed by atoms with van der Waals surface area (Å²) in [7, 11) is 0. The fourth-order valence-corrected chi connectivity index (χ4v) is 4.29. The SMILES string of the molecule is O=C(N[C@@H](CO)c1ccccc1)c1ccc2c(c1)ncn2Cc1ccc(-c2cccnc2C(=O)O)cc1. The molecule has 0 aliphatic heterocycles. The number of aromatic carboxylic acids is 1. The number of aliphatic hydroxyl groups is 1. The highest BCUT2D eigenvalue weighted by molar-refractivity contribution is 5.97. The summed E-state index contributed by atoms with van der Waals surface area (Å²) in [5.41, 5.74) is 5.23. The Bertz CT molecular complexity index is 1560. The number of aliphatic hydroxyl groups excluding tert-OH is 1. The first-order chi connectivity index (χ1) is 18.0. The van der Waals surface area contributed by atoms with Crippen molar-refractivity contribution in [2.75, 3.05) is 6.61 Å². The summed E-state index contributed by atoms with van der Waals surface area (Å²) in [6, 6.07) is 25.3. The molecule has 0 aliphatic carbocycles. The van der Waals surface area contributed by atoms with Gasteiger partial charge in [0.15, 0.2) is 5.69 Å². The Balaban J connectivity index is 1.32. The summed E-state index contributed by atoms with van der Waals surface area (Å²) < 4.78 is 1.99. The Labute approximate surface area is 212 Å². The summed E-state index contributed by atoms with van der Waals surface area (Å²) in [6.45, 7) is 0.353. The van der Waals surface area contributed by atoms with Crippen LogP contribution in [0.25, 0.3) is 22.2 Å². The monoisotopic (exact) mass is 492 g/mol. The Morgan fingerprint density at radius 2 is 1.70 bits per heavy atom. The fourth-order valence-electron chi connectivity index (χ4n) is 4.29. The third-order valence-corrected chi connectivity index (χ3v) is 6.20. The molecule has 1 amide bonds. The number of aromatic nitrogens is 3. The van der Waals surface area contributed by atoms with Crippen LogP contribution in [0.15, 0.2) is 97.5 Å². The van der Waals surface area contributed by atoms with Gasteiger partial charge in [0, 0.05) is 23.9 Å². The van der Waals surface area contributed by atoms with Gasteiger partial charge in [-0.1, -0.05) is 60.7 Å². The number of carbonyl (C=O) groups is 2. The Morgan fingerprint density at radius 3 is 2.43 bits per heavy atom. The number of benzene rings is 3. The topological polar surface area (TPSA) is 117 Å². The van der Waals surface area contributed by atoms with E-state index in [1.807, 2.05) is 65.2 Å². The summed E-state index contributed by atoms with van der Waals surface area (Å²) in [6.07, 6.45) is 3.19. The van der Waals surface area contributed by atoms with Gasteiger partial charge in [-0.15, -0.1) is 0 Å². The molecular formula is C29H24N4O4. The van der Waals surface area contributed by atoms with E-state index in [0.717, 1.165) is 22.2 Å². The number of imidazole rings is 1. The molecule has 5 aromatic rings. The number of carboxylic acid groups (broad SMARTS) is 1. The van der Waals surface area contributed by atoms with Crippen molar-refractivity contribution in [1.82, 2.24) is 19.9 Å². The van der Waals surface area contributed by atoms with Crippen LogP contribution in [0.4, 0.5) is 0 Å². The van der Waals surface area contributed by atoms with E-state index in [9.17, 15) is 19.8 Å². The van der Waals surface area contributed by atoms with Crippen molar-refractivity contribution >= 4 is 22.9 Å². The van der Waals surface area contributed by atoms with Crippen LogP contribution < -0.4 is 5.32 Å². The second kappa shape index (κ2) is 10.4. The maximum atomic E-state index is 12.8. The van der Waals surface area contributed by atoms with Gasteiger partial charge >= 0.3 is 5.97 Å². The van der Waals surface area contributed by atoms with Crippen molar-refractivity contribution in [2.45, 2.75) is 12.6 Å². The highest BCUT2D eigenvalue weighted by Crippen LogP contribution is 2.24. The van der Waals surface area contributed by atoms with Crippen LogP contribution in [0, 0.1) is 0 Å². The van der Waals surface area contributed by atoms with E-state index in [1.54, 1.807) is 30.6 Å². The van der Waals surface area contributed by atoms with Crippen LogP contribution >= 0.6 is 0 Å². The van der Waals surface area contributed by atoms with Crippen molar-refractivity contribution < 1.29 is 19.8 Å². The van der Waals surface area contributed by atoms with Crippen LogP contribution in [0.1, 0.15) is 38.0 Å². The Hall–Kier alpha value is -4.82. The van der Waals surface area contributed by atoms with Gasteiger partial charge in [0.25, 0.3) is 5.91 Å². The van der Waals surface area contributed by atoms with E-state index in [0.29, 0.717) is 23.2 Å². The standard InChI is InChI=1S/C29H24N4O4/c34-17-25(21-5-2-1-3-6-21)32-28(35)22-12-13-26-24(15-22)31-18-33(26)16-19-8-10-20(11-9-19)23-7-4-14-30-27(23)29(36)37/h1-15,18,25,34H,16-17H2,(H,32,35)(H,36,37)/t25-/m0/s1. The molecule has 0 saturated heterocycles. The molecule has 1 atom stereocenters. The van der Waals surface area contributed by atoms with Gasteiger partial charge in [0.05, 0.1) is 30.0 Å². The lowest BCUT2D eigenvalue weighted by Crippen LogP contribution is -2.30. The third-order valence-electron chi connectivity index (χ3n) is 6.20. The molecule has 37 heavy (non-hydrogen) atoms. The molecule has 184 valence electrons. The van der Waals surface area contributed by atoms with Gasteiger partial charge in [-0.2, -0.15) is 0 Å². The van der Waals surface area contributed by atoms with Gasteiger partial charge in [-0.25, -0.2) is 14.8 Å². The lowest BCUT2D eigenvalue weighted by molar-refractivity contribution is 0.0691. The number of carboxylic acids is 1. The maximum absolute atomic E-state index is 12.8. The molecule has 0 spiro atoms. The number of amides is 1. The average Bonchev–Trinajstić information content (AvgIpc) is 3.34. The van der Waals surface area contributed by atoms with Crippen molar-refractivity contribution in [1.29, 1.82) is 0 Å². The molecule has 0 saturated carbocycles.